The van der Waals surface area contributed by atoms with Gasteiger partial charge in [0.1, 0.15) is 0 Å². The lowest BCUT2D eigenvalue weighted by molar-refractivity contribution is 0.613. The molecule has 1 aromatic heterocycles. The fourth-order valence-electron chi connectivity index (χ4n) is 1.35. The van der Waals surface area contributed by atoms with E-state index >= 15 is 0 Å². The van der Waals surface area contributed by atoms with Gasteiger partial charge in [0.25, 0.3) is 0 Å². The van der Waals surface area contributed by atoms with Crippen LogP contribution in [0.15, 0.2) is 12.4 Å². The van der Waals surface area contributed by atoms with Gasteiger partial charge in [0, 0.05) is 12.6 Å². The van der Waals surface area contributed by atoms with E-state index in [-0.39, 0.29) is 12.4 Å². The maximum Gasteiger partial charge on any atom is 0.223 e. The number of aromatic nitrogens is 2. The van der Waals surface area contributed by atoms with Crippen molar-refractivity contribution in [3.63, 3.8) is 0 Å². The van der Waals surface area contributed by atoms with Crippen molar-refractivity contribution in [1.29, 1.82) is 0 Å². The molecule has 0 bridgehead atoms. The van der Waals surface area contributed by atoms with Crippen LogP contribution in [0.25, 0.3) is 0 Å². The summed E-state index contributed by atoms with van der Waals surface area (Å²) >= 11 is 0. The number of hydrogen-bond donors (Lipinski definition) is 2. The Morgan fingerprint density at radius 1 is 1.43 bits per heavy atom. The number of rotatable bonds is 2. The summed E-state index contributed by atoms with van der Waals surface area (Å²) in [7, 11) is 0. The second-order valence-electron chi connectivity index (χ2n) is 3.06. The van der Waals surface area contributed by atoms with Crippen molar-refractivity contribution in [3.05, 3.63) is 18.2 Å². The Bertz CT molecular complexity index is 273. The predicted molar refractivity (Wildman–Crippen MR) is 54.1 cm³/mol. The molecule has 0 amide bonds. The van der Waals surface area contributed by atoms with E-state index in [1.807, 2.05) is 0 Å². The Hall–Kier alpha value is -0.940. The Morgan fingerprint density at radius 2 is 2.14 bits per heavy atom. The lowest BCUT2D eigenvalue weighted by Crippen LogP contribution is -2.23. The predicted octanol–water partition coefficient (Wildman–Crippen LogP) is 0.811. The highest BCUT2D eigenvalue weighted by atomic mass is 35.5. The highest BCUT2D eigenvalue weighted by Crippen LogP contribution is 2.05. The summed E-state index contributed by atoms with van der Waals surface area (Å²) in [6.07, 6.45) is 3.39. The molecule has 1 aliphatic rings. The summed E-state index contributed by atoms with van der Waals surface area (Å²) in [6, 6.07) is 0.366. The minimum absolute atomic E-state index is 0. The van der Waals surface area contributed by atoms with Gasteiger partial charge in [0.05, 0.1) is 12.4 Å². The zero-order chi connectivity index (χ0) is 9.10. The maximum absolute atomic E-state index is 12.4. The third kappa shape index (κ3) is 2.78. The molecule has 14 heavy (non-hydrogen) atoms. The first-order chi connectivity index (χ1) is 6.34. The van der Waals surface area contributed by atoms with E-state index in [1.165, 1.54) is 0 Å². The fraction of sp³-hybridized carbons (Fsp3) is 0.500. The van der Waals surface area contributed by atoms with Gasteiger partial charge in [-0.3, -0.25) is 0 Å². The monoisotopic (exact) mass is 218 g/mol. The molecule has 1 saturated heterocycles. The van der Waals surface area contributed by atoms with Gasteiger partial charge in [-0.25, -0.2) is 14.4 Å². The molecule has 0 saturated carbocycles. The normalized spacial score (nSPS) is 20.2. The van der Waals surface area contributed by atoms with Crippen LogP contribution in [0.5, 0.6) is 0 Å². The van der Waals surface area contributed by atoms with Crippen molar-refractivity contribution in [2.75, 3.05) is 18.4 Å². The molecule has 2 N–H and O–H groups in total. The van der Waals surface area contributed by atoms with Crippen LogP contribution in [-0.4, -0.2) is 29.1 Å². The molecule has 6 heteroatoms. The van der Waals surface area contributed by atoms with E-state index in [0.717, 1.165) is 31.9 Å². The summed E-state index contributed by atoms with van der Waals surface area (Å²) in [5.74, 6) is 0.0881. The number of nitrogens with one attached hydrogen (secondary N) is 2. The molecule has 0 aliphatic carbocycles. The molecule has 0 unspecified atom stereocenters. The molecule has 0 aromatic carbocycles. The SMILES string of the molecule is Cl.Fc1cnc(N[C@H]2CCNC2)nc1. The van der Waals surface area contributed by atoms with Gasteiger partial charge >= 0.3 is 0 Å². The molecule has 2 rings (SSSR count). The molecular formula is C8H12ClFN4. The van der Waals surface area contributed by atoms with Crippen molar-refractivity contribution < 1.29 is 4.39 Å². The van der Waals surface area contributed by atoms with Crippen LogP contribution in [-0.2, 0) is 0 Å². The van der Waals surface area contributed by atoms with Gasteiger partial charge in [-0.1, -0.05) is 0 Å². The van der Waals surface area contributed by atoms with Gasteiger partial charge in [-0.2, -0.15) is 0 Å². The van der Waals surface area contributed by atoms with Gasteiger partial charge in [-0.05, 0) is 13.0 Å². The van der Waals surface area contributed by atoms with E-state index in [1.54, 1.807) is 0 Å². The molecule has 1 aromatic rings. The van der Waals surface area contributed by atoms with Crippen molar-refractivity contribution in [1.82, 2.24) is 15.3 Å². The van der Waals surface area contributed by atoms with Crippen LogP contribution in [0, 0.1) is 5.82 Å². The van der Waals surface area contributed by atoms with E-state index in [9.17, 15) is 4.39 Å². The number of halogens is 2. The first-order valence-electron chi connectivity index (χ1n) is 4.29. The summed E-state index contributed by atoms with van der Waals surface area (Å²) in [5.41, 5.74) is 0. The third-order valence-corrected chi connectivity index (χ3v) is 2.01. The highest BCUT2D eigenvalue weighted by Gasteiger charge is 2.14. The van der Waals surface area contributed by atoms with Crippen molar-refractivity contribution >= 4 is 18.4 Å². The molecule has 0 radical (unpaired) electrons. The Balaban J connectivity index is 0.000000980. The Labute approximate surface area is 87.7 Å². The molecule has 4 nitrogen and oxygen atoms in total. The molecule has 78 valence electrons. The topological polar surface area (TPSA) is 49.8 Å². The van der Waals surface area contributed by atoms with Crippen LogP contribution in [0.3, 0.4) is 0 Å². The molecular weight excluding hydrogens is 207 g/mol. The van der Waals surface area contributed by atoms with Gasteiger partial charge in [-0.15, -0.1) is 12.4 Å². The second-order valence-corrected chi connectivity index (χ2v) is 3.06. The van der Waals surface area contributed by atoms with Crippen molar-refractivity contribution in [3.8, 4) is 0 Å². The van der Waals surface area contributed by atoms with Gasteiger partial charge in [0.15, 0.2) is 5.82 Å². The van der Waals surface area contributed by atoms with E-state index < -0.39 is 5.82 Å². The maximum atomic E-state index is 12.4. The fourth-order valence-corrected chi connectivity index (χ4v) is 1.35. The molecule has 1 atom stereocenters. The van der Waals surface area contributed by atoms with Gasteiger partial charge < -0.3 is 10.6 Å². The number of anilines is 1. The summed E-state index contributed by atoms with van der Waals surface area (Å²) < 4.78 is 12.4. The third-order valence-electron chi connectivity index (χ3n) is 2.01. The molecule has 1 fully saturated rings. The van der Waals surface area contributed by atoms with Crippen LogP contribution in [0.1, 0.15) is 6.42 Å². The van der Waals surface area contributed by atoms with Crippen LogP contribution < -0.4 is 10.6 Å². The standard InChI is InChI=1S/C8H11FN4.ClH/c9-6-3-11-8(12-4-6)13-7-1-2-10-5-7;/h3-4,7,10H,1-2,5H2,(H,11,12,13);1H/t7-;/m0./s1. The first-order valence-corrected chi connectivity index (χ1v) is 4.29. The molecule has 0 spiro atoms. The quantitative estimate of drug-likeness (QED) is 0.772. The molecule has 1 aliphatic heterocycles. The minimum atomic E-state index is -0.407. The minimum Gasteiger partial charge on any atom is -0.350 e. The van der Waals surface area contributed by atoms with Crippen LogP contribution >= 0.6 is 12.4 Å². The number of nitrogens with zero attached hydrogens (tertiary/aromatic N) is 2. The van der Waals surface area contributed by atoms with Crippen molar-refractivity contribution in [2.24, 2.45) is 0 Å². The lowest BCUT2D eigenvalue weighted by Gasteiger charge is -2.09. The van der Waals surface area contributed by atoms with Crippen molar-refractivity contribution in [2.45, 2.75) is 12.5 Å². The van der Waals surface area contributed by atoms with E-state index in [0.29, 0.717) is 12.0 Å². The Morgan fingerprint density at radius 3 is 2.71 bits per heavy atom. The van der Waals surface area contributed by atoms with E-state index in [2.05, 4.69) is 20.6 Å². The first kappa shape index (κ1) is 11.1. The smallest absolute Gasteiger partial charge is 0.223 e. The molecule has 2 heterocycles. The van der Waals surface area contributed by atoms with Crippen LogP contribution in [0.4, 0.5) is 10.3 Å². The number of hydrogen-bond acceptors (Lipinski definition) is 4. The summed E-state index contributed by atoms with van der Waals surface area (Å²) in [4.78, 5) is 7.63. The zero-order valence-corrected chi connectivity index (χ0v) is 8.35. The van der Waals surface area contributed by atoms with Gasteiger partial charge in [0.2, 0.25) is 5.95 Å². The summed E-state index contributed by atoms with van der Waals surface area (Å²) in [6.45, 7) is 1.93. The Kier molecular flexibility index (Phi) is 4.03. The highest BCUT2D eigenvalue weighted by molar-refractivity contribution is 5.85. The lowest BCUT2D eigenvalue weighted by atomic mass is 10.3. The van der Waals surface area contributed by atoms with Crippen LogP contribution in [0.2, 0.25) is 0 Å². The average molecular weight is 219 g/mol. The largest absolute Gasteiger partial charge is 0.350 e. The van der Waals surface area contributed by atoms with E-state index in [4.69, 9.17) is 0 Å². The average Bonchev–Trinajstić information content (AvgIpc) is 2.62. The zero-order valence-electron chi connectivity index (χ0n) is 7.53. The second kappa shape index (κ2) is 5.07. The summed E-state index contributed by atoms with van der Waals surface area (Å²) in [5, 5.41) is 6.33.